The van der Waals surface area contributed by atoms with Crippen molar-refractivity contribution in [2.75, 3.05) is 17.2 Å². The lowest BCUT2D eigenvalue weighted by Crippen LogP contribution is -2.27. The average Bonchev–Trinajstić information content (AvgIpc) is 3.03. The number of benzene rings is 2. The molecule has 9 heteroatoms. The van der Waals surface area contributed by atoms with Gasteiger partial charge in [0, 0.05) is 35.6 Å². The standard InChI is InChI=1S/C19H17BrN4O3S/c1-11(25)22-14-6-7-15-16(10-14)28-19(23-15)24-17(26)8-9-21-18(27)12-2-4-13(20)5-3-12/h2-7,10H,8-9H2,1H3,(H,21,27)(H,22,25)(H,23,24,26). The van der Waals surface area contributed by atoms with Crippen LogP contribution in [0, 0.1) is 0 Å². The van der Waals surface area contributed by atoms with Crippen LogP contribution in [0.1, 0.15) is 23.7 Å². The van der Waals surface area contributed by atoms with E-state index in [1.165, 1.54) is 18.3 Å². The predicted molar refractivity (Wildman–Crippen MR) is 114 cm³/mol. The number of carbonyl (C=O) groups excluding carboxylic acids is 3. The number of halogens is 1. The number of amides is 3. The Balaban J connectivity index is 1.52. The first-order valence-electron chi connectivity index (χ1n) is 8.42. The monoisotopic (exact) mass is 460 g/mol. The summed E-state index contributed by atoms with van der Waals surface area (Å²) >= 11 is 4.64. The van der Waals surface area contributed by atoms with Crippen molar-refractivity contribution in [2.45, 2.75) is 13.3 Å². The Hall–Kier alpha value is -2.78. The summed E-state index contributed by atoms with van der Waals surface area (Å²) in [5.74, 6) is -0.620. The predicted octanol–water partition coefficient (Wildman–Crippen LogP) is 3.78. The molecule has 0 aliphatic carbocycles. The summed E-state index contributed by atoms with van der Waals surface area (Å²) < 4.78 is 1.74. The molecular weight excluding hydrogens is 444 g/mol. The number of rotatable bonds is 6. The fourth-order valence-corrected chi connectivity index (χ4v) is 3.62. The van der Waals surface area contributed by atoms with Crippen molar-refractivity contribution in [1.29, 1.82) is 0 Å². The van der Waals surface area contributed by atoms with E-state index in [2.05, 4.69) is 36.9 Å². The third kappa shape index (κ3) is 5.37. The highest BCUT2D eigenvalue weighted by molar-refractivity contribution is 9.10. The van der Waals surface area contributed by atoms with Gasteiger partial charge in [-0.25, -0.2) is 4.98 Å². The lowest BCUT2D eigenvalue weighted by atomic mass is 10.2. The quantitative estimate of drug-likeness (QED) is 0.520. The van der Waals surface area contributed by atoms with Gasteiger partial charge in [0.1, 0.15) is 0 Å². The van der Waals surface area contributed by atoms with E-state index in [-0.39, 0.29) is 30.7 Å². The topological polar surface area (TPSA) is 100 Å². The molecule has 3 aromatic rings. The van der Waals surface area contributed by atoms with Gasteiger partial charge in [-0.1, -0.05) is 27.3 Å². The zero-order valence-electron chi connectivity index (χ0n) is 14.9. The third-order valence-electron chi connectivity index (χ3n) is 3.70. The molecule has 0 saturated heterocycles. The highest BCUT2D eigenvalue weighted by Crippen LogP contribution is 2.28. The first kappa shape index (κ1) is 20.0. The van der Waals surface area contributed by atoms with Crippen molar-refractivity contribution in [3.8, 4) is 0 Å². The number of nitrogens with zero attached hydrogens (tertiary/aromatic N) is 1. The van der Waals surface area contributed by atoms with Crippen LogP contribution in [0.25, 0.3) is 10.2 Å². The molecule has 0 radical (unpaired) electrons. The summed E-state index contributed by atoms with van der Waals surface area (Å²) in [6.45, 7) is 1.66. The smallest absolute Gasteiger partial charge is 0.251 e. The number of hydrogen-bond acceptors (Lipinski definition) is 5. The highest BCUT2D eigenvalue weighted by Gasteiger charge is 2.10. The van der Waals surface area contributed by atoms with Crippen molar-refractivity contribution in [3.63, 3.8) is 0 Å². The molecule has 0 saturated carbocycles. The zero-order valence-corrected chi connectivity index (χ0v) is 17.3. The number of aromatic nitrogens is 1. The van der Waals surface area contributed by atoms with E-state index in [0.29, 0.717) is 16.4 Å². The van der Waals surface area contributed by atoms with Crippen LogP contribution in [0.3, 0.4) is 0 Å². The molecule has 28 heavy (non-hydrogen) atoms. The van der Waals surface area contributed by atoms with Crippen LogP contribution in [-0.2, 0) is 9.59 Å². The Morgan fingerprint density at radius 3 is 2.54 bits per heavy atom. The second kappa shape index (κ2) is 8.94. The van der Waals surface area contributed by atoms with E-state index in [4.69, 9.17) is 0 Å². The maximum atomic E-state index is 12.1. The van der Waals surface area contributed by atoms with Crippen LogP contribution in [0.15, 0.2) is 46.9 Å². The van der Waals surface area contributed by atoms with Crippen molar-refractivity contribution in [2.24, 2.45) is 0 Å². The first-order valence-corrected chi connectivity index (χ1v) is 10.0. The second-order valence-corrected chi connectivity index (χ2v) is 7.89. The van der Waals surface area contributed by atoms with Gasteiger partial charge >= 0.3 is 0 Å². The minimum Gasteiger partial charge on any atom is -0.352 e. The minimum atomic E-state index is -0.239. The van der Waals surface area contributed by atoms with E-state index < -0.39 is 0 Å². The van der Waals surface area contributed by atoms with Crippen LogP contribution in [0.4, 0.5) is 10.8 Å². The number of anilines is 2. The van der Waals surface area contributed by atoms with Crippen LogP contribution in [-0.4, -0.2) is 29.3 Å². The van der Waals surface area contributed by atoms with Gasteiger partial charge in [-0.2, -0.15) is 0 Å². The van der Waals surface area contributed by atoms with Crippen LogP contribution in [0.5, 0.6) is 0 Å². The Bertz CT molecular complexity index is 1030. The van der Waals surface area contributed by atoms with E-state index in [9.17, 15) is 14.4 Å². The van der Waals surface area contributed by atoms with E-state index in [1.807, 2.05) is 6.07 Å². The second-order valence-electron chi connectivity index (χ2n) is 5.94. The number of fused-ring (bicyclic) bond motifs is 1. The zero-order chi connectivity index (χ0) is 20.1. The molecule has 0 spiro atoms. The van der Waals surface area contributed by atoms with Crippen LogP contribution < -0.4 is 16.0 Å². The molecule has 1 aromatic heterocycles. The van der Waals surface area contributed by atoms with E-state index in [1.54, 1.807) is 36.4 Å². The molecule has 1 heterocycles. The molecule has 0 atom stereocenters. The van der Waals surface area contributed by atoms with Gasteiger partial charge in [0.2, 0.25) is 11.8 Å². The maximum absolute atomic E-state index is 12.1. The molecule has 2 aromatic carbocycles. The number of thiazole rings is 1. The molecule has 0 bridgehead atoms. The van der Waals surface area contributed by atoms with Gasteiger partial charge in [-0.3, -0.25) is 14.4 Å². The average molecular weight is 461 g/mol. The van der Waals surface area contributed by atoms with E-state index >= 15 is 0 Å². The molecule has 0 aliphatic rings. The number of carbonyl (C=O) groups is 3. The van der Waals surface area contributed by atoms with Crippen molar-refractivity contribution < 1.29 is 14.4 Å². The molecule has 0 aliphatic heterocycles. The van der Waals surface area contributed by atoms with Crippen molar-refractivity contribution >= 4 is 66.0 Å². The molecule has 0 fully saturated rings. The fourth-order valence-electron chi connectivity index (χ4n) is 2.43. The van der Waals surface area contributed by atoms with Gasteiger partial charge in [0.05, 0.1) is 10.2 Å². The van der Waals surface area contributed by atoms with Crippen LogP contribution in [0.2, 0.25) is 0 Å². The molecule has 7 nitrogen and oxygen atoms in total. The molecule has 3 amide bonds. The summed E-state index contributed by atoms with van der Waals surface area (Å²) in [6, 6.07) is 12.3. The largest absolute Gasteiger partial charge is 0.352 e. The van der Waals surface area contributed by atoms with Gasteiger partial charge in [-0.05, 0) is 42.5 Å². The fraction of sp³-hybridized carbons (Fsp3) is 0.158. The Labute approximate surface area is 173 Å². The molecule has 3 N–H and O–H groups in total. The van der Waals surface area contributed by atoms with Crippen LogP contribution >= 0.6 is 27.3 Å². The molecular formula is C19H17BrN4O3S. The first-order chi connectivity index (χ1) is 13.4. The number of hydrogen-bond donors (Lipinski definition) is 3. The Kier molecular flexibility index (Phi) is 6.37. The lowest BCUT2D eigenvalue weighted by Gasteiger charge is -2.05. The summed E-state index contributed by atoms with van der Waals surface area (Å²) in [7, 11) is 0. The SMILES string of the molecule is CC(=O)Nc1ccc2nc(NC(=O)CCNC(=O)c3ccc(Br)cc3)sc2c1. The Morgan fingerprint density at radius 1 is 1.07 bits per heavy atom. The van der Waals surface area contributed by atoms with Gasteiger partial charge in [0.15, 0.2) is 5.13 Å². The summed E-state index contributed by atoms with van der Waals surface area (Å²) in [5, 5.41) is 8.63. The minimum absolute atomic E-state index is 0.134. The van der Waals surface area contributed by atoms with E-state index in [0.717, 1.165) is 14.7 Å². The summed E-state index contributed by atoms with van der Waals surface area (Å²) in [4.78, 5) is 39.6. The Morgan fingerprint density at radius 2 is 1.82 bits per heavy atom. The van der Waals surface area contributed by atoms with Gasteiger partial charge < -0.3 is 16.0 Å². The van der Waals surface area contributed by atoms with Crippen molar-refractivity contribution in [3.05, 3.63) is 52.5 Å². The number of nitrogens with one attached hydrogen (secondary N) is 3. The normalized spacial score (nSPS) is 10.5. The van der Waals surface area contributed by atoms with Gasteiger partial charge in [0.25, 0.3) is 5.91 Å². The lowest BCUT2D eigenvalue weighted by molar-refractivity contribution is -0.116. The van der Waals surface area contributed by atoms with Crippen molar-refractivity contribution in [1.82, 2.24) is 10.3 Å². The molecule has 3 rings (SSSR count). The summed E-state index contributed by atoms with van der Waals surface area (Å²) in [6.07, 6.45) is 0.134. The third-order valence-corrected chi connectivity index (χ3v) is 5.16. The molecule has 144 valence electrons. The highest BCUT2D eigenvalue weighted by atomic mass is 79.9. The van der Waals surface area contributed by atoms with Gasteiger partial charge in [-0.15, -0.1) is 0 Å². The molecule has 0 unspecified atom stereocenters. The maximum Gasteiger partial charge on any atom is 0.251 e. The summed E-state index contributed by atoms with van der Waals surface area (Å²) in [5.41, 5.74) is 1.94.